The Morgan fingerprint density at radius 1 is 1.67 bits per heavy atom. The molecule has 1 unspecified atom stereocenters. The number of halogens is 1. The van der Waals surface area contributed by atoms with Gasteiger partial charge in [0.1, 0.15) is 0 Å². The van der Waals surface area contributed by atoms with Crippen molar-refractivity contribution < 1.29 is 16.4 Å². The number of aromatic nitrogens is 1. The van der Waals surface area contributed by atoms with Gasteiger partial charge in [0.05, 0.1) is 13.3 Å². The smallest absolute Gasteiger partial charge is 0.251 e. The number of primary amides is 1. The number of carbonyl (C=O) groups excluding carboxylic acids is 1. The number of nitrogens with two attached hydrogens (primary N) is 1. The van der Waals surface area contributed by atoms with Crippen LogP contribution in [-0.2, 0) is 9.53 Å². The summed E-state index contributed by atoms with van der Waals surface area (Å²) in [5, 5.41) is 0.608. The van der Waals surface area contributed by atoms with Gasteiger partial charge in [-0.1, -0.05) is 29.8 Å². The van der Waals surface area contributed by atoms with Crippen molar-refractivity contribution in [2.45, 2.75) is 13.0 Å². The van der Waals surface area contributed by atoms with Crippen LogP contribution < -0.4 is 5.73 Å². The minimum atomic E-state index is -3.10. The van der Waals surface area contributed by atoms with Crippen molar-refractivity contribution in [3.05, 3.63) is 41.0 Å². The van der Waals surface area contributed by atoms with Crippen molar-refractivity contribution in [3.8, 4) is 0 Å². The molecule has 0 saturated carbocycles. The standard InChI is InChI=1S/C13H13ClN2O2/c1-2-18-12(13(15)17)9-7-16-10-6-4-3-5-8(10)11(9)14/h3-7,12H,2H2,1H3,(H2,15,17)/i1D3,2D2. The number of ether oxygens (including phenoxy) is 1. The molecular weight excluding hydrogens is 252 g/mol. The molecule has 2 N–H and O–H groups in total. The second-order valence-corrected chi connectivity index (χ2v) is 3.92. The average Bonchev–Trinajstić information content (AvgIpc) is 2.44. The van der Waals surface area contributed by atoms with E-state index in [1.54, 1.807) is 24.3 Å². The largest absolute Gasteiger partial charge is 0.367 e. The first kappa shape index (κ1) is 7.71. The van der Waals surface area contributed by atoms with E-state index in [2.05, 4.69) is 4.98 Å². The highest BCUT2D eigenvalue weighted by Crippen LogP contribution is 2.31. The Bertz CT molecular complexity index is 751. The van der Waals surface area contributed by atoms with Crippen molar-refractivity contribution in [2.24, 2.45) is 5.73 Å². The number of rotatable bonds is 4. The maximum absolute atomic E-state index is 11.7. The Labute approximate surface area is 117 Å². The number of para-hydroxylation sites is 1. The number of hydrogen-bond acceptors (Lipinski definition) is 3. The van der Waals surface area contributed by atoms with Crippen LogP contribution >= 0.6 is 11.6 Å². The lowest BCUT2D eigenvalue weighted by molar-refractivity contribution is -0.129. The molecular formula is C13H13ClN2O2. The van der Waals surface area contributed by atoms with Crippen LogP contribution in [0.4, 0.5) is 0 Å². The summed E-state index contributed by atoms with van der Waals surface area (Å²) in [6, 6.07) is 6.82. The Hall–Kier alpha value is -1.65. The molecule has 0 bridgehead atoms. The first-order valence-electron chi connectivity index (χ1n) is 7.55. The highest BCUT2D eigenvalue weighted by Gasteiger charge is 2.22. The molecule has 2 rings (SSSR count). The van der Waals surface area contributed by atoms with E-state index in [4.69, 9.17) is 28.9 Å². The third-order valence-electron chi connectivity index (χ3n) is 2.45. The first-order chi connectivity index (χ1) is 10.5. The summed E-state index contributed by atoms with van der Waals surface area (Å²) in [4.78, 5) is 15.8. The van der Waals surface area contributed by atoms with Crippen LogP contribution in [0.15, 0.2) is 30.5 Å². The van der Waals surface area contributed by atoms with Crippen molar-refractivity contribution in [1.82, 2.24) is 4.98 Å². The number of carbonyl (C=O) groups is 1. The van der Waals surface area contributed by atoms with E-state index >= 15 is 0 Å². The third kappa shape index (κ3) is 2.30. The van der Waals surface area contributed by atoms with Gasteiger partial charge in [0.25, 0.3) is 5.91 Å². The summed E-state index contributed by atoms with van der Waals surface area (Å²) < 4.78 is 41.3. The van der Waals surface area contributed by atoms with Crippen molar-refractivity contribution in [2.75, 3.05) is 6.56 Å². The molecule has 1 aromatic heterocycles. The molecule has 0 spiro atoms. The van der Waals surface area contributed by atoms with E-state index in [1.165, 1.54) is 6.20 Å². The molecule has 0 radical (unpaired) electrons. The van der Waals surface area contributed by atoms with Gasteiger partial charge in [-0.3, -0.25) is 9.78 Å². The van der Waals surface area contributed by atoms with Crippen LogP contribution in [0, 0.1) is 0 Å². The van der Waals surface area contributed by atoms with Crippen molar-refractivity contribution in [1.29, 1.82) is 0 Å². The van der Waals surface area contributed by atoms with Gasteiger partial charge in [0.15, 0.2) is 6.10 Å². The molecule has 1 heterocycles. The minimum Gasteiger partial charge on any atom is -0.367 e. The zero-order valence-corrected chi connectivity index (χ0v) is 9.94. The van der Waals surface area contributed by atoms with Gasteiger partial charge in [0.2, 0.25) is 0 Å². The Morgan fingerprint density at radius 2 is 2.44 bits per heavy atom. The molecule has 1 atom stereocenters. The number of nitrogens with zero attached hydrogens (tertiary/aromatic N) is 1. The van der Waals surface area contributed by atoms with Gasteiger partial charge in [0, 0.05) is 27.8 Å². The van der Waals surface area contributed by atoms with Gasteiger partial charge in [-0.2, -0.15) is 0 Å². The molecule has 0 fully saturated rings. The summed E-state index contributed by atoms with van der Waals surface area (Å²) in [6.07, 6.45) is -0.467. The molecule has 0 saturated heterocycles. The fraction of sp³-hybridized carbons (Fsp3) is 0.231. The second-order valence-electron chi connectivity index (χ2n) is 3.55. The SMILES string of the molecule is [2H]C([2H])([2H])C([2H])([2H])OC(C(N)=O)c1cnc2ccccc2c1Cl. The van der Waals surface area contributed by atoms with Gasteiger partial charge in [-0.05, 0) is 12.9 Å². The van der Waals surface area contributed by atoms with Crippen molar-refractivity contribution in [3.63, 3.8) is 0 Å². The van der Waals surface area contributed by atoms with Gasteiger partial charge < -0.3 is 10.5 Å². The van der Waals surface area contributed by atoms with E-state index in [0.29, 0.717) is 10.9 Å². The van der Waals surface area contributed by atoms with E-state index in [9.17, 15) is 4.79 Å². The van der Waals surface area contributed by atoms with E-state index in [1.807, 2.05) is 0 Å². The quantitative estimate of drug-likeness (QED) is 0.927. The van der Waals surface area contributed by atoms with Crippen LogP contribution in [0.5, 0.6) is 0 Å². The summed E-state index contributed by atoms with van der Waals surface area (Å²) >= 11 is 6.23. The number of fused-ring (bicyclic) bond motifs is 1. The molecule has 94 valence electrons. The second kappa shape index (κ2) is 5.33. The van der Waals surface area contributed by atoms with Crippen LogP contribution in [0.1, 0.15) is 25.4 Å². The third-order valence-corrected chi connectivity index (χ3v) is 2.88. The molecule has 1 amide bonds. The van der Waals surface area contributed by atoms with Crippen LogP contribution in [0.2, 0.25) is 5.02 Å². The summed E-state index contributed by atoms with van der Waals surface area (Å²) in [5.41, 5.74) is 5.80. The number of amides is 1. The molecule has 1 aromatic carbocycles. The van der Waals surface area contributed by atoms with Gasteiger partial charge in [-0.15, -0.1) is 0 Å². The summed E-state index contributed by atoms with van der Waals surface area (Å²) in [7, 11) is 0. The number of benzene rings is 1. The molecule has 5 heteroatoms. The maximum atomic E-state index is 11.7. The van der Waals surface area contributed by atoms with E-state index in [-0.39, 0.29) is 10.6 Å². The highest BCUT2D eigenvalue weighted by atomic mass is 35.5. The fourth-order valence-corrected chi connectivity index (χ4v) is 1.95. The lowest BCUT2D eigenvalue weighted by atomic mass is 10.1. The van der Waals surface area contributed by atoms with Gasteiger partial charge in [-0.25, -0.2) is 0 Å². The molecule has 2 aromatic rings. The van der Waals surface area contributed by atoms with E-state index < -0.39 is 25.4 Å². The lowest BCUT2D eigenvalue weighted by Gasteiger charge is -2.15. The topological polar surface area (TPSA) is 65.2 Å². The minimum absolute atomic E-state index is 0.00555. The zero-order chi connectivity index (χ0) is 17.4. The predicted molar refractivity (Wildman–Crippen MR) is 70.3 cm³/mol. The van der Waals surface area contributed by atoms with Crippen LogP contribution in [0.3, 0.4) is 0 Å². The van der Waals surface area contributed by atoms with Crippen LogP contribution in [0.25, 0.3) is 10.9 Å². The Balaban J connectivity index is 2.51. The number of hydrogen-bond donors (Lipinski definition) is 1. The maximum Gasteiger partial charge on any atom is 0.251 e. The van der Waals surface area contributed by atoms with Crippen LogP contribution in [-0.4, -0.2) is 17.5 Å². The average molecular weight is 270 g/mol. The fourth-order valence-electron chi connectivity index (χ4n) is 1.64. The Kier molecular flexibility index (Phi) is 2.28. The first-order valence-corrected chi connectivity index (χ1v) is 5.42. The highest BCUT2D eigenvalue weighted by molar-refractivity contribution is 6.36. The molecule has 0 aliphatic heterocycles. The Morgan fingerprint density at radius 3 is 3.17 bits per heavy atom. The van der Waals surface area contributed by atoms with Gasteiger partial charge >= 0.3 is 0 Å². The summed E-state index contributed by atoms with van der Waals surface area (Å²) in [5.74, 6) is -1.07. The molecule has 0 aliphatic carbocycles. The molecule has 4 nitrogen and oxygen atoms in total. The lowest BCUT2D eigenvalue weighted by Crippen LogP contribution is -2.24. The summed E-state index contributed by atoms with van der Waals surface area (Å²) in [6.45, 7) is -6.18. The molecule has 18 heavy (non-hydrogen) atoms. The number of pyridine rings is 1. The van der Waals surface area contributed by atoms with E-state index in [0.717, 1.165) is 0 Å². The predicted octanol–water partition coefficient (Wildman–Crippen LogP) is 2.45. The monoisotopic (exact) mass is 269 g/mol. The molecule has 0 aliphatic rings. The zero-order valence-electron chi connectivity index (χ0n) is 14.2. The van der Waals surface area contributed by atoms with Crippen molar-refractivity contribution >= 4 is 28.4 Å². The normalized spacial score (nSPS) is 18.2.